The van der Waals surface area contributed by atoms with Crippen LogP contribution in [0.3, 0.4) is 0 Å². The van der Waals surface area contributed by atoms with Gasteiger partial charge in [0.1, 0.15) is 5.82 Å². The van der Waals surface area contributed by atoms with E-state index in [1.807, 2.05) is 25.1 Å². The van der Waals surface area contributed by atoms with Gasteiger partial charge in [0.25, 0.3) is 0 Å². The lowest BCUT2D eigenvalue weighted by Gasteiger charge is -2.31. The van der Waals surface area contributed by atoms with Crippen LogP contribution in [0.25, 0.3) is 0 Å². The Labute approximate surface area is 147 Å². The van der Waals surface area contributed by atoms with Crippen LogP contribution in [0.1, 0.15) is 43.4 Å². The summed E-state index contributed by atoms with van der Waals surface area (Å²) in [5.41, 5.74) is 0. The van der Waals surface area contributed by atoms with Gasteiger partial charge in [-0.2, -0.15) is 4.98 Å². The van der Waals surface area contributed by atoms with Crippen molar-refractivity contribution in [2.45, 2.75) is 44.2 Å². The normalized spacial score (nSPS) is 19.1. The molecule has 8 nitrogen and oxygen atoms in total. The summed E-state index contributed by atoms with van der Waals surface area (Å²) in [5, 5.41) is 11.9. The van der Waals surface area contributed by atoms with Gasteiger partial charge in [-0.25, -0.2) is 4.98 Å². The average molecular weight is 343 g/mol. The molecule has 0 spiro atoms. The van der Waals surface area contributed by atoms with E-state index in [1.165, 1.54) is 12.8 Å². The Morgan fingerprint density at radius 2 is 2.00 bits per heavy atom. The molecule has 2 aromatic heterocycles. The van der Waals surface area contributed by atoms with Gasteiger partial charge in [0.05, 0.1) is 6.54 Å². The number of aromatic nitrogens is 4. The van der Waals surface area contributed by atoms with Gasteiger partial charge in [-0.05, 0) is 31.7 Å². The maximum absolute atomic E-state index is 5.77. The number of hydrogen-bond donors (Lipinski definition) is 1. The summed E-state index contributed by atoms with van der Waals surface area (Å²) in [6.45, 7) is 2.79. The summed E-state index contributed by atoms with van der Waals surface area (Å²) < 4.78 is 5.77. The zero-order valence-corrected chi connectivity index (χ0v) is 14.9. The topological polar surface area (TPSA) is 83.2 Å². The molecular weight excluding hydrogens is 318 g/mol. The standard InChI is InChI=1S/C17H25N7O/c1-23(2)17-18-8-5-14(20-17)19-13-6-9-24(10-7-13)11-15-21-22-16(25-15)12-3-4-12/h5,8,12-13H,3-4,6-7,9-11H2,1-2H3,(H,18,19,20). The lowest BCUT2D eigenvalue weighted by atomic mass is 10.1. The van der Waals surface area contributed by atoms with Gasteiger partial charge in [0, 0.05) is 45.3 Å². The lowest BCUT2D eigenvalue weighted by Crippen LogP contribution is -2.38. The van der Waals surface area contributed by atoms with Crippen LogP contribution in [0.4, 0.5) is 11.8 Å². The molecule has 2 fully saturated rings. The highest BCUT2D eigenvalue weighted by Crippen LogP contribution is 2.39. The van der Waals surface area contributed by atoms with Crippen LogP contribution in [0.15, 0.2) is 16.7 Å². The van der Waals surface area contributed by atoms with Crippen molar-refractivity contribution in [3.05, 3.63) is 24.0 Å². The molecular formula is C17H25N7O. The maximum Gasteiger partial charge on any atom is 0.230 e. The second kappa shape index (κ2) is 6.95. The Kier molecular flexibility index (Phi) is 4.52. The molecule has 0 atom stereocenters. The molecule has 134 valence electrons. The Hall–Kier alpha value is -2.22. The highest BCUT2D eigenvalue weighted by Gasteiger charge is 2.30. The van der Waals surface area contributed by atoms with E-state index < -0.39 is 0 Å². The van der Waals surface area contributed by atoms with E-state index in [0.29, 0.717) is 12.0 Å². The fraction of sp³-hybridized carbons (Fsp3) is 0.647. The van der Waals surface area contributed by atoms with Crippen LogP contribution in [0.2, 0.25) is 0 Å². The minimum atomic E-state index is 0.436. The minimum absolute atomic E-state index is 0.436. The molecule has 0 bridgehead atoms. The summed E-state index contributed by atoms with van der Waals surface area (Å²) in [5.74, 6) is 3.72. The SMILES string of the molecule is CN(C)c1nccc(NC2CCN(Cc3nnc(C4CC4)o3)CC2)n1. The summed E-state index contributed by atoms with van der Waals surface area (Å²) in [7, 11) is 3.90. The van der Waals surface area contributed by atoms with Crippen molar-refractivity contribution in [3.63, 3.8) is 0 Å². The fourth-order valence-corrected chi connectivity index (χ4v) is 3.11. The third-order valence-corrected chi connectivity index (χ3v) is 4.75. The molecule has 2 aromatic rings. The second-order valence-electron chi connectivity index (χ2n) is 7.14. The van der Waals surface area contributed by atoms with Crippen molar-refractivity contribution >= 4 is 11.8 Å². The molecule has 0 amide bonds. The quantitative estimate of drug-likeness (QED) is 0.851. The molecule has 0 aromatic carbocycles. The van der Waals surface area contributed by atoms with Crippen LogP contribution in [0, 0.1) is 0 Å². The van der Waals surface area contributed by atoms with Crippen molar-refractivity contribution in [1.82, 2.24) is 25.1 Å². The van der Waals surface area contributed by atoms with E-state index in [-0.39, 0.29) is 0 Å². The molecule has 0 unspecified atom stereocenters. The molecule has 8 heteroatoms. The summed E-state index contributed by atoms with van der Waals surface area (Å²) in [4.78, 5) is 13.1. The highest BCUT2D eigenvalue weighted by molar-refractivity contribution is 5.41. The summed E-state index contributed by atoms with van der Waals surface area (Å²) in [6, 6.07) is 2.36. The fourth-order valence-electron chi connectivity index (χ4n) is 3.11. The van der Waals surface area contributed by atoms with Crippen LogP contribution >= 0.6 is 0 Å². The van der Waals surface area contributed by atoms with Gasteiger partial charge in [-0.1, -0.05) is 0 Å². The minimum Gasteiger partial charge on any atom is -0.424 e. The van der Waals surface area contributed by atoms with Crippen LogP contribution in [-0.2, 0) is 6.54 Å². The predicted molar refractivity (Wildman–Crippen MR) is 94.6 cm³/mol. The average Bonchev–Trinajstić information content (AvgIpc) is 3.37. The number of nitrogens with zero attached hydrogens (tertiary/aromatic N) is 6. The highest BCUT2D eigenvalue weighted by atomic mass is 16.4. The van der Waals surface area contributed by atoms with E-state index in [2.05, 4.69) is 30.4 Å². The van der Waals surface area contributed by atoms with Crippen LogP contribution in [-0.4, -0.2) is 58.3 Å². The first kappa shape index (κ1) is 16.3. The third-order valence-electron chi connectivity index (χ3n) is 4.75. The van der Waals surface area contributed by atoms with Crippen molar-refractivity contribution in [2.24, 2.45) is 0 Å². The first-order valence-electron chi connectivity index (χ1n) is 8.99. The Balaban J connectivity index is 1.27. The van der Waals surface area contributed by atoms with E-state index >= 15 is 0 Å². The van der Waals surface area contributed by atoms with Gasteiger partial charge in [-0.3, -0.25) is 4.90 Å². The molecule has 1 saturated heterocycles. The molecule has 25 heavy (non-hydrogen) atoms. The Bertz CT molecular complexity index is 705. The predicted octanol–water partition coefficient (Wildman–Crippen LogP) is 1.88. The number of rotatable bonds is 6. The zero-order valence-electron chi connectivity index (χ0n) is 14.9. The maximum atomic E-state index is 5.77. The smallest absolute Gasteiger partial charge is 0.230 e. The van der Waals surface area contributed by atoms with Crippen LogP contribution in [0.5, 0.6) is 0 Å². The number of piperidine rings is 1. The molecule has 2 aliphatic rings. The van der Waals surface area contributed by atoms with E-state index in [0.717, 1.165) is 56.0 Å². The van der Waals surface area contributed by atoms with Crippen molar-refractivity contribution in [3.8, 4) is 0 Å². The number of hydrogen-bond acceptors (Lipinski definition) is 8. The molecule has 1 N–H and O–H groups in total. The first-order valence-corrected chi connectivity index (χ1v) is 8.99. The van der Waals surface area contributed by atoms with E-state index in [9.17, 15) is 0 Å². The molecule has 0 radical (unpaired) electrons. The van der Waals surface area contributed by atoms with Gasteiger partial charge < -0.3 is 14.6 Å². The Morgan fingerprint density at radius 3 is 2.72 bits per heavy atom. The van der Waals surface area contributed by atoms with Gasteiger partial charge >= 0.3 is 0 Å². The molecule has 1 saturated carbocycles. The van der Waals surface area contributed by atoms with Gasteiger partial charge in [0.2, 0.25) is 17.7 Å². The van der Waals surface area contributed by atoms with Crippen LogP contribution < -0.4 is 10.2 Å². The Morgan fingerprint density at radius 1 is 1.20 bits per heavy atom. The first-order chi connectivity index (χ1) is 12.2. The van der Waals surface area contributed by atoms with Crippen molar-refractivity contribution in [1.29, 1.82) is 0 Å². The van der Waals surface area contributed by atoms with Gasteiger partial charge in [-0.15, -0.1) is 10.2 Å². The second-order valence-corrected chi connectivity index (χ2v) is 7.14. The number of nitrogens with one attached hydrogen (secondary N) is 1. The van der Waals surface area contributed by atoms with E-state index in [1.54, 1.807) is 6.20 Å². The van der Waals surface area contributed by atoms with Crippen molar-refractivity contribution in [2.75, 3.05) is 37.4 Å². The third kappa shape index (κ3) is 4.07. The summed E-state index contributed by atoms with van der Waals surface area (Å²) >= 11 is 0. The lowest BCUT2D eigenvalue weighted by molar-refractivity contribution is 0.192. The molecule has 1 aliphatic carbocycles. The van der Waals surface area contributed by atoms with Gasteiger partial charge in [0.15, 0.2) is 0 Å². The van der Waals surface area contributed by atoms with E-state index in [4.69, 9.17) is 4.42 Å². The molecule has 4 rings (SSSR count). The largest absolute Gasteiger partial charge is 0.424 e. The molecule has 1 aliphatic heterocycles. The zero-order chi connectivity index (χ0) is 17.2. The number of likely N-dealkylation sites (tertiary alicyclic amines) is 1. The number of anilines is 2. The van der Waals surface area contributed by atoms with Crippen molar-refractivity contribution < 1.29 is 4.42 Å². The monoisotopic (exact) mass is 343 g/mol. The summed E-state index contributed by atoms with van der Waals surface area (Å²) in [6.07, 6.45) is 6.33. The molecule has 3 heterocycles.